The molecule has 0 bridgehead atoms. The molecule has 40 heavy (non-hydrogen) atoms. The maximum Gasteiger partial charge on any atom is 0.408 e. The molecule has 4 aromatic rings. The summed E-state index contributed by atoms with van der Waals surface area (Å²) in [5.41, 5.74) is 3.72. The first-order valence-corrected chi connectivity index (χ1v) is 13.0. The van der Waals surface area contributed by atoms with Gasteiger partial charge in [-0.1, -0.05) is 78.9 Å². The Hall–Kier alpha value is -5.11. The van der Waals surface area contributed by atoms with E-state index in [2.05, 4.69) is 5.32 Å². The number of nitrogens with zero attached hydrogens (tertiary/aromatic N) is 3. The van der Waals surface area contributed by atoms with Crippen LogP contribution in [0.2, 0.25) is 0 Å². The molecule has 1 N–H and O–H groups in total. The molecule has 0 fully saturated rings. The van der Waals surface area contributed by atoms with Crippen molar-refractivity contribution in [2.45, 2.75) is 12.6 Å². The smallest absolute Gasteiger partial charge is 0.408 e. The number of carbonyl (C=O) groups excluding carboxylic acids is 3. The van der Waals surface area contributed by atoms with Crippen LogP contribution in [0.5, 0.6) is 0 Å². The number of ether oxygens (including phenoxy) is 1. The van der Waals surface area contributed by atoms with E-state index < -0.39 is 18.0 Å². The predicted molar refractivity (Wildman–Crippen MR) is 156 cm³/mol. The number of alkyl carbamates (subject to hydrolysis) is 1. The van der Waals surface area contributed by atoms with Crippen molar-refractivity contribution in [2.24, 2.45) is 0 Å². The highest BCUT2D eigenvalue weighted by Crippen LogP contribution is 2.37. The zero-order chi connectivity index (χ0) is 27.9. The third kappa shape index (κ3) is 5.96. The fraction of sp³-hybridized carbons (Fsp3) is 0.156. The number of likely N-dealkylation sites (N-methyl/N-ethyl adjacent to an activating group) is 1. The number of nitrogens with one attached hydrogen (secondary N) is 1. The molecule has 0 saturated heterocycles. The van der Waals surface area contributed by atoms with Crippen molar-refractivity contribution in [3.05, 3.63) is 121 Å². The van der Waals surface area contributed by atoms with Gasteiger partial charge in [0.15, 0.2) is 0 Å². The van der Waals surface area contributed by atoms with Crippen molar-refractivity contribution >= 4 is 40.7 Å². The minimum absolute atomic E-state index is 0.0697. The second-order valence-electron chi connectivity index (χ2n) is 9.41. The molecule has 4 aromatic carbocycles. The molecule has 0 radical (unpaired) electrons. The van der Waals surface area contributed by atoms with Gasteiger partial charge in [-0.25, -0.2) is 4.79 Å². The van der Waals surface area contributed by atoms with E-state index >= 15 is 0 Å². The molecule has 1 aliphatic heterocycles. The molecule has 8 nitrogen and oxygen atoms in total. The number of rotatable bonds is 7. The van der Waals surface area contributed by atoms with Crippen LogP contribution >= 0.6 is 0 Å². The fourth-order valence-electron chi connectivity index (χ4n) is 4.65. The Morgan fingerprint density at radius 2 is 1.40 bits per heavy atom. The first kappa shape index (κ1) is 26.5. The van der Waals surface area contributed by atoms with Crippen molar-refractivity contribution < 1.29 is 19.1 Å². The van der Waals surface area contributed by atoms with Crippen LogP contribution in [0.3, 0.4) is 0 Å². The summed E-state index contributed by atoms with van der Waals surface area (Å²) in [5.74, 6) is -0.676. The lowest BCUT2D eigenvalue weighted by molar-refractivity contribution is -0.123. The monoisotopic (exact) mass is 534 g/mol. The standard InChI is InChI=1S/C32H30N4O4/c1-34(25-15-7-3-8-16-25)30(37)22-36-29-20-12-11-19-28(29)35(26-17-9-4-10-18-26)21-27(31(36)38)33-32(39)40-23-24-13-5-2-6-14-24/h2-20,27H,21-23H2,1H3,(H,33,39). The largest absolute Gasteiger partial charge is 0.445 e. The van der Waals surface area contributed by atoms with E-state index in [0.29, 0.717) is 11.4 Å². The van der Waals surface area contributed by atoms with Gasteiger partial charge in [-0.3, -0.25) is 14.5 Å². The molecule has 0 spiro atoms. The maximum atomic E-state index is 14.0. The molecule has 0 saturated carbocycles. The number of amides is 3. The van der Waals surface area contributed by atoms with Crippen molar-refractivity contribution in [2.75, 3.05) is 34.8 Å². The number of hydrogen-bond acceptors (Lipinski definition) is 5. The lowest BCUT2D eigenvalue weighted by atomic mass is 10.2. The Morgan fingerprint density at radius 1 is 0.825 bits per heavy atom. The zero-order valence-electron chi connectivity index (χ0n) is 22.1. The van der Waals surface area contributed by atoms with Gasteiger partial charge in [-0.2, -0.15) is 0 Å². The Labute approximate surface area is 233 Å². The Kier molecular flexibility index (Phi) is 8.06. The van der Waals surface area contributed by atoms with Crippen LogP contribution in [0.4, 0.5) is 27.5 Å². The van der Waals surface area contributed by atoms with Crippen molar-refractivity contribution in [1.29, 1.82) is 0 Å². The highest BCUT2D eigenvalue weighted by molar-refractivity contribution is 6.09. The number of benzene rings is 4. The molecule has 3 amide bonds. The van der Waals surface area contributed by atoms with Crippen LogP contribution in [0.1, 0.15) is 5.56 Å². The Balaban J connectivity index is 1.45. The van der Waals surface area contributed by atoms with E-state index in [0.717, 1.165) is 16.9 Å². The van der Waals surface area contributed by atoms with Gasteiger partial charge in [-0.05, 0) is 42.0 Å². The molecule has 8 heteroatoms. The molecule has 0 aliphatic carbocycles. The van der Waals surface area contributed by atoms with Crippen LogP contribution in [0, 0.1) is 0 Å². The van der Waals surface area contributed by atoms with Gasteiger partial charge in [0.2, 0.25) is 5.91 Å². The third-order valence-corrected chi connectivity index (χ3v) is 6.78. The van der Waals surface area contributed by atoms with Gasteiger partial charge in [-0.15, -0.1) is 0 Å². The summed E-state index contributed by atoms with van der Waals surface area (Å²) in [7, 11) is 1.68. The van der Waals surface area contributed by atoms with Crippen molar-refractivity contribution in [3.63, 3.8) is 0 Å². The quantitative estimate of drug-likeness (QED) is 0.356. The van der Waals surface area contributed by atoms with E-state index in [1.165, 1.54) is 9.80 Å². The average Bonchev–Trinajstić information content (AvgIpc) is 3.12. The van der Waals surface area contributed by atoms with Crippen molar-refractivity contribution in [1.82, 2.24) is 5.32 Å². The number of para-hydroxylation sites is 4. The second-order valence-corrected chi connectivity index (χ2v) is 9.41. The summed E-state index contributed by atoms with van der Waals surface area (Å²) >= 11 is 0. The molecular formula is C32H30N4O4. The highest BCUT2D eigenvalue weighted by Gasteiger charge is 2.37. The van der Waals surface area contributed by atoms with E-state index in [-0.39, 0.29) is 25.6 Å². The van der Waals surface area contributed by atoms with E-state index in [1.807, 2.05) is 120 Å². The van der Waals surface area contributed by atoms with E-state index in [1.54, 1.807) is 7.05 Å². The summed E-state index contributed by atoms with van der Waals surface area (Å²) < 4.78 is 5.44. The van der Waals surface area contributed by atoms with Gasteiger partial charge in [0, 0.05) is 18.4 Å². The number of fused-ring (bicyclic) bond motifs is 1. The number of hydrogen-bond donors (Lipinski definition) is 1. The van der Waals surface area contributed by atoms with Gasteiger partial charge in [0.1, 0.15) is 19.2 Å². The van der Waals surface area contributed by atoms with Gasteiger partial charge in [0.25, 0.3) is 5.91 Å². The summed E-state index contributed by atoms with van der Waals surface area (Å²) in [6.45, 7) is 0.0148. The lowest BCUT2D eigenvalue weighted by Gasteiger charge is -2.27. The maximum absolute atomic E-state index is 14.0. The minimum atomic E-state index is -0.981. The fourth-order valence-corrected chi connectivity index (χ4v) is 4.65. The molecule has 1 atom stereocenters. The minimum Gasteiger partial charge on any atom is -0.445 e. The molecule has 0 aromatic heterocycles. The summed E-state index contributed by atoms with van der Waals surface area (Å²) in [6, 6.07) is 34.6. The number of anilines is 4. The molecule has 1 heterocycles. The summed E-state index contributed by atoms with van der Waals surface area (Å²) in [4.78, 5) is 45.3. The van der Waals surface area contributed by atoms with Crippen LogP contribution in [0.15, 0.2) is 115 Å². The van der Waals surface area contributed by atoms with Crippen LogP contribution < -0.4 is 20.0 Å². The van der Waals surface area contributed by atoms with Crippen molar-refractivity contribution in [3.8, 4) is 0 Å². The van der Waals surface area contributed by atoms with Crippen LogP contribution in [-0.2, 0) is 20.9 Å². The third-order valence-electron chi connectivity index (χ3n) is 6.78. The topological polar surface area (TPSA) is 82.2 Å². The normalized spacial score (nSPS) is 14.6. The molecule has 5 rings (SSSR count). The van der Waals surface area contributed by atoms with Crippen LogP contribution in [0.25, 0.3) is 0 Å². The SMILES string of the molecule is CN(C(=O)CN1C(=O)C(NC(=O)OCc2ccccc2)CN(c2ccccc2)c2ccccc21)c1ccccc1. The van der Waals surface area contributed by atoms with E-state index in [4.69, 9.17) is 4.74 Å². The summed E-state index contributed by atoms with van der Waals surface area (Å²) in [5, 5.41) is 2.76. The zero-order valence-corrected chi connectivity index (χ0v) is 22.1. The average molecular weight is 535 g/mol. The first-order chi connectivity index (χ1) is 19.5. The van der Waals surface area contributed by atoms with Crippen LogP contribution in [-0.4, -0.2) is 44.1 Å². The lowest BCUT2D eigenvalue weighted by Crippen LogP contribution is -2.53. The van der Waals surface area contributed by atoms with Gasteiger partial charge in [0.05, 0.1) is 17.9 Å². The molecular weight excluding hydrogens is 504 g/mol. The van der Waals surface area contributed by atoms with Gasteiger partial charge >= 0.3 is 6.09 Å². The molecule has 202 valence electrons. The highest BCUT2D eigenvalue weighted by atomic mass is 16.5. The first-order valence-electron chi connectivity index (χ1n) is 13.0. The van der Waals surface area contributed by atoms with E-state index in [9.17, 15) is 14.4 Å². The predicted octanol–water partition coefficient (Wildman–Crippen LogP) is 5.13. The molecule has 1 unspecified atom stereocenters. The second kappa shape index (κ2) is 12.2. The Bertz CT molecular complexity index is 1460. The molecule has 1 aliphatic rings. The number of carbonyl (C=O) groups is 3. The summed E-state index contributed by atoms with van der Waals surface area (Å²) in [6.07, 6.45) is -0.714. The Morgan fingerprint density at radius 3 is 2.08 bits per heavy atom. The van der Waals surface area contributed by atoms with Gasteiger partial charge < -0.3 is 19.9 Å².